The van der Waals surface area contributed by atoms with E-state index in [9.17, 15) is 9.90 Å². The van der Waals surface area contributed by atoms with Gasteiger partial charge in [0.1, 0.15) is 5.75 Å². The lowest BCUT2D eigenvalue weighted by atomic mass is 10.1. The lowest BCUT2D eigenvalue weighted by Gasteiger charge is -2.19. The molecule has 1 aliphatic heterocycles. The molecule has 1 unspecified atom stereocenters. The van der Waals surface area contributed by atoms with Gasteiger partial charge >= 0.3 is 0 Å². The summed E-state index contributed by atoms with van der Waals surface area (Å²) in [4.78, 5) is 13.6. The van der Waals surface area contributed by atoms with Crippen LogP contribution in [-0.4, -0.2) is 23.3 Å². The number of carbonyl (C=O) groups is 1. The molecule has 1 fully saturated rings. The van der Waals surface area contributed by atoms with E-state index in [0.29, 0.717) is 24.4 Å². The minimum absolute atomic E-state index is 0.0735. The van der Waals surface area contributed by atoms with Crippen molar-refractivity contribution in [1.82, 2.24) is 0 Å². The van der Waals surface area contributed by atoms with Crippen molar-refractivity contribution in [2.45, 2.75) is 20.3 Å². The number of amides is 1. The summed E-state index contributed by atoms with van der Waals surface area (Å²) in [5.41, 5.74) is 2.50. The largest absolute Gasteiger partial charge is 0.505 e. The van der Waals surface area contributed by atoms with Crippen molar-refractivity contribution < 1.29 is 9.90 Å². The number of hydrogen-bond acceptors (Lipinski definition) is 3. The normalized spacial score (nSPS) is 20.1. The highest BCUT2D eigenvalue weighted by atomic mass is 32.1. The second-order valence-electron chi connectivity index (χ2n) is 4.71. The molecule has 1 aromatic carbocycles. The van der Waals surface area contributed by atoms with Crippen LogP contribution in [0.5, 0.6) is 5.75 Å². The number of nitrogens with zero attached hydrogens (tertiary/aromatic N) is 1. The Kier molecular flexibility index (Phi) is 3.33. The molecule has 1 amide bonds. The molecule has 1 heterocycles. The molecule has 92 valence electrons. The quantitative estimate of drug-likeness (QED) is 0.792. The Bertz CT molecular complexity index is 459. The molecule has 0 aliphatic carbocycles. The molecule has 0 saturated carbocycles. The molecule has 0 aromatic heterocycles. The summed E-state index contributed by atoms with van der Waals surface area (Å²) in [5, 5.41) is 10.0. The fourth-order valence-electron chi connectivity index (χ4n) is 2.28. The molecule has 0 radical (unpaired) electrons. The molecule has 1 atom stereocenters. The number of phenols is 1. The molecule has 17 heavy (non-hydrogen) atoms. The van der Waals surface area contributed by atoms with E-state index in [1.54, 1.807) is 4.90 Å². The molecule has 0 bridgehead atoms. The van der Waals surface area contributed by atoms with E-state index >= 15 is 0 Å². The molecule has 1 saturated heterocycles. The summed E-state index contributed by atoms with van der Waals surface area (Å²) in [6.07, 6.45) is 0.524. The first-order chi connectivity index (χ1) is 8.02. The fourth-order valence-corrected chi connectivity index (χ4v) is 2.52. The van der Waals surface area contributed by atoms with Crippen LogP contribution < -0.4 is 4.90 Å². The predicted octanol–water partition coefficient (Wildman–Crippen LogP) is 2.29. The highest BCUT2D eigenvalue weighted by Gasteiger charge is 2.31. The van der Waals surface area contributed by atoms with Gasteiger partial charge in [0, 0.05) is 13.0 Å². The van der Waals surface area contributed by atoms with Gasteiger partial charge in [0.05, 0.1) is 5.69 Å². The van der Waals surface area contributed by atoms with Crippen molar-refractivity contribution in [3.63, 3.8) is 0 Å². The first-order valence-electron chi connectivity index (χ1n) is 5.74. The number of aryl methyl sites for hydroxylation is 2. The van der Waals surface area contributed by atoms with Crippen molar-refractivity contribution in [1.29, 1.82) is 0 Å². The van der Waals surface area contributed by atoms with E-state index in [1.807, 2.05) is 26.0 Å². The number of rotatable bonds is 2. The van der Waals surface area contributed by atoms with E-state index in [1.165, 1.54) is 0 Å². The zero-order valence-corrected chi connectivity index (χ0v) is 11.0. The van der Waals surface area contributed by atoms with Gasteiger partial charge in [0.15, 0.2) is 0 Å². The zero-order chi connectivity index (χ0) is 12.6. The summed E-state index contributed by atoms with van der Waals surface area (Å²) >= 11 is 4.23. The van der Waals surface area contributed by atoms with Crippen LogP contribution in [0.2, 0.25) is 0 Å². The van der Waals surface area contributed by atoms with Crippen LogP contribution in [0.15, 0.2) is 12.1 Å². The third-order valence-electron chi connectivity index (χ3n) is 3.18. The SMILES string of the molecule is Cc1cc(C)c(O)c(N2CC(CS)CC2=O)c1. The van der Waals surface area contributed by atoms with E-state index in [2.05, 4.69) is 12.6 Å². The molecule has 3 nitrogen and oxygen atoms in total. The fraction of sp³-hybridized carbons (Fsp3) is 0.462. The predicted molar refractivity (Wildman–Crippen MR) is 71.9 cm³/mol. The minimum atomic E-state index is 0.0735. The molecule has 1 N–H and O–H groups in total. The van der Waals surface area contributed by atoms with Gasteiger partial charge in [-0.25, -0.2) is 0 Å². The Morgan fingerprint density at radius 3 is 2.76 bits per heavy atom. The number of hydrogen-bond donors (Lipinski definition) is 2. The smallest absolute Gasteiger partial charge is 0.227 e. The summed E-state index contributed by atoms with van der Waals surface area (Å²) in [6, 6.07) is 3.77. The average molecular weight is 251 g/mol. The van der Waals surface area contributed by atoms with Gasteiger partial charge < -0.3 is 10.0 Å². The van der Waals surface area contributed by atoms with Crippen LogP contribution in [0.25, 0.3) is 0 Å². The van der Waals surface area contributed by atoms with E-state index < -0.39 is 0 Å². The van der Waals surface area contributed by atoms with Crippen LogP contribution in [0, 0.1) is 19.8 Å². The lowest BCUT2D eigenvalue weighted by molar-refractivity contribution is -0.117. The monoisotopic (exact) mass is 251 g/mol. The Balaban J connectivity index is 2.38. The minimum Gasteiger partial charge on any atom is -0.505 e. The number of carbonyl (C=O) groups excluding carboxylic acids is 1. The van der Waals surface area contributed by atoms with Crippen molar-refractivity contribution in [2.24, 2.45) is 5.92 Å². The molecule has 0 spiro atoms. The van der Waals surface area contributed by atoms with Gasteiger partial charge in [-0.05, 0) is 42.7 Å². The summed E-state index contributed by atoms with van der Waals surface area (Å²) in [6.45, 7) is 4.47. The number of anilines is 1. The van der Waals surface area contributed by atoms with Crippen LogP contribution in [-0.2, 0) is 4.79 Å². The van der Waals surface area contributed by atoms with E-state index in [4.69, 9.17) is 0 Å². The zero-order valence-electron chi connectivity index (χ0n) is 10.1. The number of aromatic hydroxyl groups is 1. The topological polar surface area (TPSA) is 40.5 Å². The van der Waals surface area contributed by atoms with Crippen LogP contribution in [0.1, 0.15) is 17.5 Å². The van der Waals surface area contributed by atoms with E-state index in [0.717, 1.165) is 11.1 Å². The third-order valence-corrected chi connectivity index (χ3v) is 3.70. The first-order valence-corrected chi connectivity index (χ1v) is 6.37. The molecule has 2 rings (SSSR count). The molecular formula is C13H17NO2S. The van der Waals surface area contributed by atoms with Gasteiger partial charge in [-0.1, -0.05) is 6.07 Å². The molecule has 4 heteroatoms. The van der Waals surface area contributed by atoms with Crippen molar-refractivity contribution in [3.8, 4) is 5.75 Å². The van der Waals surface area contributed by atoms with Crippen molar-refractivity contribution in [3.05, 3.63) is 23.3 Å². The Labute approximate surface area is 107 Å². The molecule has 1 aromatic rings. The number of phenolic OH excluding ortho intramolecular Hbond substituents is 1. The lowest BCUT2D eigenvalue weighted by Crippen LogP contribution is -2.25. The van der Waals surface area contributed by atoms with Crippen LogP contribution in [0.3, 0.4) is 0 Å². The first kappa shape index (κ1) is 12.3. The standard InChI is InChI=1S/C13H17NO2S/c1-8-3-9(2)13(16)11(4-8)14-6-10(7-17)5-12(14)15/h3-4,10,16-17H,5-7H2,1-2H3. The van der Waals surface area contributed by atoms with Gasteiger partial charge in [-0.15, -0.1) is 0 Å². The van der Waals surface area contributed by atoms with Gasteiger partial charge in [0.25, 0.3) is 0 Å². The van der Waals surface area contributed by atoms with Gasteiger partial charge in [0.2, 0.25) is 5.91 Å². The summed E-state index contributed by atoms with van der Waals surface area (Å²) < 4.78 is 0. The Morgan fingerprint density at radius 2 is 2.18 bits per heavy atom. The second kappa shape index (κ2) is 4.61. The molecule has 1 aliphatic rings. The average Bonchev–Trinajstić information content (AvgIpc) is 2.65. The van der Waals surface area contributed by atoms with Gasteiger partial charge in [-0.3, -0.25) is 4.79 Å². The number of thiol groups is 1. The van der Waals surface area contributed by atoms with Gasteiger partial charge in [-0.2, -0.15) is 12.6 Å². The maximum absolute atomic E-state index is 11.9. The molecular weight excluding hydrogens is 234 g/mol. The van der Waals surface area contributed by atoms with Crippen LogP contribution in [0.4, 0.5) is 5.69 Å². The van der Waals surface area contributed by atoms with E-state index in [-0.39, 0.29) is 17.6 Å². The maximum Gasteiger partial charge on any atom is 0.227 e. The Morgan fingerprint density at radius 1 is 1.47 bits per heavy atom. The van der Waals surface area contributed by atoms with Crippen molar-refractivity contribution >= 4 is 24.2 Å². The Hall–Kier alpha value is -1.16. The highest BCUT2D eigenvalue weighted by molar-refractivity contribution is 7.80. The summed E-state index contributed by atoms with van der Waals surface area (Å²) in [7, 11) is 0. The highest BCUT2D eigenvalue weighted by Crippen LogP contribution is 2.35. The second-order valence-corrected chi connectivity index (χ2v) is 5.07. The maximum atomic E-state index is 11.9. The third kappa shape index (κ3) is 2.27. The van der Waals surface area contributed by atoms with Crippen molar-refractivity contribution in [2.75, 3.05) is 17.2 Å². The summed E-state index contributed by atoms with van der Waals surface area (Å²) in [5.74, 6) is 1.27. The number of benzene rings is 1. The van der Waals surface area contributed by atoms with Crippen LogP contribution >= 0.6 is 12.6 Å².